The van der Waals surface area contributed by atoms with Crippen LogP contribution < -0.4 is 10.6 Å². The van der Waals surface area contributed by atoms with Crippen molar-refractivity contribution in [2.24, 2.45) is 11.1 Å². The summed E-state index contributed by atoms with van der Waals surface area (Å²) in [5.74, 6) is 0. The van der Waals surface area contributed by atoms with Crippen molar-refractivity contribution in [3.05, 3.63) is 29.3 Å². The third-order valence-electron chi connectivity index (χ3n) is 5.77. The Morgan fingerprint density at radius 3 is 2.38 bits per heavy atom. The molecule has 3 rings (SSSR count). The second-order valence-corrected chi connectivity index (χ2v) is 7.21. The fraction of sp³-hybridized carbons (Fsp3) is 0.684. The van der Waals surface area contributed by atoms with Gasteiger partial charge in [-0.1, -0.05) is 31.4 Å². The first-order valence-electron chi connectivity index (χ1n) is 8.77. The molecule has 0 aromatic heterocycles. The van der Waals surface area contributed by atoms with Crippen LogP contribution in [0.2, 0.25) is 0 Å². The maximum absolute atomic E-state index is 5.66. The van der Waals surface area contributed by atoms with Crippen LogP contribution in [0, 0.1) is 12.3 Å². The summed E-state index contributed by atoms with van der Waals surface area (Å²) in [7, 11) is 0. The average Bonchev–Trinajstić information content (AvgIpc) is 2.50. The Morgan fingerprint density at radius 1 is 1.05 bits per heavy atom. The van der Waals surface area contributed by atoms with Crippen LogP contribution in [0.1, 0.15) is 56.1 Å². The molecule has 2 fully saturated rings. The number of nitrogens with zero attached hydrogens (tertiary/aromatic N) is 1. The van der Waals surface area contributed by atoms with Crippen LogP contribution in [0.25, 0.3) is 0 Å². The molecule has 0 unspecified atom stereocenters. The lowest BCUT2D eigenvalue weighted by Crippen LogP contribution is -2.41. The molecule has 1 heterocycles. The summed E-state index contributed by atoms with van der Waals surface area (Å²) in [6.07, 6.45) is 11.1. The summed E-state index contributed by atoms with van der Waals surface area (Å²) in [5, 5.41) is 0. The van der Waals surface area contributed by atoms with Gasteiger partial charge < -0.3 is 10.6 Å². The van der Waals surface area contributed by atoms with E-state index in [1.165, 1.54) is 74.8 Å². The van der Waals surface area contributed by atoms with Crippen LogP contribution in [-0.2, 0) is 6.42 Å². The lowest BCUT2D eigenvalue weighted by molar-refractivity contribution is 0.144. The monoisotopic (exact) mass is 286 g/mol. The second kappa shape index (κ2) is 6.39. The van der Waals surface area contributed by atoms with Gasteiger partial charge in [-0.25, -0.2) is 0 Å². The van der Waals surface area contributed by atoms with Crippen LogP contribution in [0.15, 0.2) is 18.2 Å². The summed E-state index contributed by atoms with van der Waals surface area (Å²) < 4.78 is 0. The van der Waals surface area contributed by atoms with E-state index >= 15 is 0 Å². The Hall–Kier alpha value is -1.02. The molecular weight excluding hydrogens is 256 g/mol. The molecule has 1 aliphatic carbocycles. The molecule has 2 aliphatic rings. The van der Waals surface area contributed by atoms with E-state index in [0.29, 0.717) is 5.41 Å². The molecule has 0 radical (unpaired) electrons. The third-order valence-corrected chi connectivity index (χ3v) is 5.77. The molecule has 116 valence electrons. The largest absolute Gasteiger partial charge is 0.371 e. The van der Waals surface area contributed by atoms with Crippen molar-refractivity contribution in [1.29, 1.82) is 0 Å². The highest BCUT2D eigenvalue weighted by Gasteiger charge is 2.35. The van der Waals surface area contributed by atoms with Gasteiger partial charge in [0.2, 0.25) is 0 Å². The van der Waals surface area contributed by atoms with E-state index in [2.05, 4.69) is 30.0 Å². The zero-order valence-corrected chi connectivity index (χ0v) is 13.5. The maximum atomic E-state index is 5.66. The first-order valence-corrected chi connectivity index (χ1v) is 8.77. The van der Waals surface area contributed by atoms with Gasteiger partial charge in [0.25, 0.3) is 0 Å². The lowest BCUT2D eigenvalue weighted by Gasteiger charge is -2.45. The summed E-state index contributed by atoms with van der Waals surface area (Å²) in [5.41, 5.74) is 10.6. The molecular formula is C19H30N2. The smallest absolute Gasteiger partial charge is 0.0396 e. The predicted octanol–water partition coefficient (Wildman–Crippen LogP) is 4.05. The van der Waals surface area contributed by atoms with Gasteiger partial charge in [0.1, 0.15) is 0 Å². The topological polar surface area (TPSA) is 29.3 Å². The van der Waals surface area contributed by atoms with Gasteiger partial charge in [-0.3, -0.25) is 0 Å². The van der Waals surface area contributed by atoms with Crippen molar-refractivity contribution in [2.75, 3.05) is 24.5 Å². The predicted molar refractivity (Wildman–Crippen MR) is 90.9 cm³/mol. The van der Waals surface area contributed by atoms with Crippen molar-refractivity contribution >= 4 is 5.69 Å². The normalized spacial score (nSPS) is 21.7. The summed E-state index contributed by atoms with van der Waals surface area (Å²) in [6.45, 7) is 5.49. The van der Waals surface area contributed by atoms with Crippen LogP contribution in [0.3, 0.4) is 0 Å². The Balaban J connectivity index is 1.66. The lowest BCUT2D eigenvalue weighted by atomic mass is 9.68. The number of piperidine rings is 1. The van der Waals surface area contributed by atoms with E-state index in [9.17, 15) is 0 Å². The Morgan fingerprint density at radius 2 is 1.76 bits per heavy atom. The van der Waals surface area contributed by atoms with E-state index in [0.717, 1.165) is 13.0 Å². The number of benzene rings is 1. The number of nitrogens with two attached hydrogens (primary N) is 1. The molecule has 1 aromatic rings. The first-order chi connectivity index (χ1) is 10.2. The maximum Gasteiger partial charge on any atom is 0.0396 e. The molecule has 0 atom stereocenters. The average molecular weight is 286 g/mol. The molecule has 1 saturated heterocycles. The SMILES string of the molecule is Cc1cc(CCN)ccc1N1CCC2(CCCCC2)CC1. The zero-order chi connectivity index (χ0) is 14.7. The van der Waals surface area contributed by atoms with Gasteiger partial charge in [-0.2, -0.15) is 0 Å². The minimum absolute atomic E-state index is 0.697. The molecule has 2 heteroatoms. The number of hydrogen-bond donors (Lipinski definition) is 1. The molecule has 1 aliphatic heterocycles. The van der Waals surface area contributed by atoms with Gasteiger partial charge in [0, 0.05) is 18.8 Å². The van der Waals surface area contributed by atoms with Gasteiger partial charge in [-0.15, -0.1) is 0 Å². The Kier molecular flexibility index (Phi) is 4.54. The Bertz CT molecular complexity index is 464. The molecule has 1 spiro atoms. The highest BCUT2D eigenvalue weighted by atomic mass is 15.1. The van der Waals surface area contributed by atoms with Crippen molar-refractivity contribution in [3.8, 4) is 0 Å². The zero-order valence-electron chi connectivity index (χ0n) is 13.5. The van der Waals surface area contributed by atoms with Crippen LogP contribution in [0.4, 0.5) is 5.69 Å². The number of anilines is 1. The molecule has 21 heavy (non-hydrogen) atoms. The first kappa shape index (κ1) is 14.9. The van der Waals surface area contributed by atoms with Gasteiger partial charge in [-0.05, 0) is 68.2 Å². The standard InChI is InChI=1S/C19H30N2/c1-16-15-17(7-12-20)5-6-18(16)21-13-10-19(11-14-21)8-3-2-4-9-19/h5-6,15H,2-4,7-14,20H2,1H3. The van der Waals surface area contributed by atoms with Crippen LogP contribution >= 0.6 is 0 Å². The van der Waals surface area contributed by atoms with E-state index in [1.807, 2.05) is 0 Å². The van der Waals surface area contributed by atoms with Gasteiger partial charge >= 0.3 is 0 Å². The van der Waals surface area contributed by atoms with E-state index in [1.54, 1.807) is 0 Å². The quantitative estimate of drug-likeness (QED) is 0.908. The molecule has 1 saturated carbocycles. The third kappa shape index (κ3) is 3.26. The van der Waals surface area contributed by atoms with E-state index in [-0.39, 0.29) is 0 Å². The van der Waals surface area contributed by atoms with Crippen molar-refractivity contribution < 1.29 is 0 Å². The van der Waals surface area contributed by atoms with E-state index in [4.69, 9.17) is 5.73 Å². The molecule has 0 amide bonds. The van der Waals surface area contributed by atoms with Crippen LogP contribution in [0.5, 0.6) is 0 Å². The van der Waals surface area contributed by atoms with Gasteiger partial charge in [0.05, 0.1) is 0 Å². The number of hydrogen-bond acceptors (Lipinski definition) is 2. The summed E-state index contributed by atoms with van der Waals surface area (Å²) >= 11 is 0. The van der Waals surface area contributed by atoms with E-state index < -0.39 is 0 Å². The number of aryl methyl sites for hydroxylation is 1. The summed E-state index contributed by atoms with van der Waals surface area (Å²) in [4.78, 5) is 2.61. The molecule has 0 bridgehead atoms. The number of rotatable bonds is 3. The van der Waals surface area contributed by atoms with Crippen molar-refractivity contribution in [3.63, 3.8) is 0 Å². The fourth-order valence-electron chi connectivity index (χ4n) is 4.42. The van der Waals surface area contributed by atoms with Crippen molar-refractivity contribution in [2.45, 2.75) is 58.3 Å². The molecule has 2 N–H and O–H groups in total. The minimum atomic E-state index is 0.697. The minimum Gasteiger partial charge on any atom is -0.371 e. The fourth-order valence-corrected chi connectivity index (χ4v) is 4.42. The summed E-state index contributed by atoms with van der Waals surface area (Å²) in [6, 6.07) is 6.91. The van der Waals surface area contributed by atoms with Crippen LogP contribution in [-0.4, -0.2) is 19.6 Å². The molecule has 1 aromatic carbocycles. The molecule has 2 nitrogen and oxygen atoms in total. The highest BCUT2D eigenvalue weighted by molar-refractivity contribution is 5.55. The second-order valence-electron chi connectivity index (χ2n) is 7.21. The van der Waals surface area contributed by atoms with Crippen molar-refractivity contribution in [1.82, 2.24) is 0 Å². The van der Waals surface area contributed by atoms with Gasteiger partial charge in [0.15, 0.2) is 0 Å². The highest BCUT2D eigenvalue weighted by Crippen LogP contribution is 2.45. The Labute approximate surface area is 129 Å².